The molecule has 0 radical (unpaired) electrons. The number of hydrogen-bond donors (Lipinski definition) is 0. The molecule has 164 valence electrons. The first-order valence-corrected chi connectivity index (χ1v) is 10.9. The highest BCUT2D eigenvalue weighted by Gasteiger charge is 2.36. The van der Waals surface area contributed by atoms with Crippen LogP contribution in [0.15, 0.2) is 53.2 Å². The van der Waals surface area contributed by atoms with Crippen molar-refractivity contribution < 1.29 is 22.7 Å². The van der Waals surface area contributed by atoms with E-state index < -0.39 is 11.7 Å². The van der Waals surface area contributed by atoms with Crippen LogP contribution in [0.3, 0.4) is 0 Å². The molecule has 3 nitrogen and oxygen atoms in total. The van der Waals surface area contributed by atoms with Gasteiger partial charge in [-0.15, -0.1) is 0 Å². The van der Waals surface area contributed by atoms with Gasteiger partial charge in [0.15, 0.2) is 0 Å². The zero-order chi connectivity index (χ0) is 22.6. The fourth-order valence-electron chi connectivity index (χ4n) is 3.80. The van der Waals surface area contributed by atoms with E-state index in [2.05, 4.69) is 23.3 Å². The summed E-state index contributed by atoms with van der Waals surface area (Å²) in [6.45, 7) is 7.65. The van der Waals surface area contributed by atoms with Gasteiger partial charge in [0.2, 0.25) is 0 Å². The van der Waals surface area contributed by atoms with Gasteiger partial charge in [-0.25, -0.2) is 0 Å². The van der Waals surface area contributed by atoms with Crippen molar-refractivity contribution in [2.75, 3.05) is 6.54 Å². The second kappa shape index (κ2) is 9.71. The molecule has 3 atom stereocenters. The van der Waals surface area contributed by atoms with Gasteiger partial charge in [-0.3, -0.25) is 9.69 Å². The fourth-order valence-corrected chi connectivity index (χ4v) is 4.48. The predicted octanol–water partition coefficient (Wildman–Crippen LogP) is 6.16. The highest BCUT2D eigenvalue weighted by Crippen LogP contribution is 2.40. The van der Waals surface area contributed by atoms with Crippen molar-refractivity contribution in [3.05, 3.63) is 69.9 Å². The van der Waals surface area contributed by atoms with Crippen molar-refractivity contribution in [1.29, 1.82) is 0 Å². The number of thiophene rings is 1. The van der Waals surface area contributed by atoms with E-state index in [0.29, 0.717) is 19.4 Å². The van der Waals surface area contributed by atoms with E-state index in [0.717, 1.165) is 28.8 Å². The third kappa shape index (κ3) is 5.99. The van der Waals surface area contributed by atoms with Crippen molar-refractivity contribution >= 4 is 17.3 Å². The summed E-state index contributed by atoms with van der Waals surface area (Å²) in [6.07, 6.45) is -3.57. The van der Waals surface area contributed by atoms with Gasteiger partial charge in [0.25, 0.3) is 0 Å². The maximum absolute atomic E-state index is 13.0. The zero-order valence-corrected chi connectivity index (χ0v) is 18.2. The van der Waals surface area contributed by atoms with E-state index in [-0.39, 0.29) is 24.2 Å². The lowest BCUT2D eigenvalue weighted by Gasteiger charge is -2.42. The summed E-state index contributed by atoms with van der Waals surface area (Å²) < 4.78 is 44.6. The number of hydrogen-bond acceptors (Lipinski definition) is 4. The van der Waals surface area contributed by atoms with Gasteiger partial charge in [0, 0.05) is 25.9 Å². The number of halogens is 3. The minimum Gasteiger partial charge on any atom is -0.462 e. The van der Waals surface area contributed by atoms with Crippen LogP contribution in [0.4, 0.5) is 13.2 Å². The first-order valence-electron chi connectivity index (χ1n) is 9.94. The van der Waals surface area contributed by atoms with Gasteiger partial charge in [-0.05, 0) is 59.0 Å². The van der Waals surface area contributed by atoms with Gasteiger partial charge >= 0.3 is 12.1 Å². The van der Waals surface area contributed by atoms with Crippen molar-refractivity contribution in [3.63, 3.8) is 0 Å². The minimum atomic E-state index is -4.39. The van der Waals surface area contributed by atoms with Crippen molar-refractivity contribution in [3.8, 4) is 11.8 Å². The molecule has 0 amide bonds. The molecule has 0 bridgehead atoms. The molecule has 7 heteroatoms. The first-order chi connectivity index (χ1) is 14.6. The maximum Gasteiger partial charge on any atom is 0.416 e. The van der Waals surface area contributed by atoms with Crippen LogP contribution in [0.2, 0.25) is 0 Å². The summed E-state index contributed by atoms with van der Waals surface area (Å²) in [5, 5.41) is 4.00. The summed E-state index contributed by atoms with van der Waals surface area (Å²) in [5.74, 6) is 5.98. The molecule has 0 aliphatic carbocycles. The van der Waals surface area contributed by atoms with E-state index >= 15 is 0 Å². The van der Waals surface area contributed by atoms with Crippen LogP contribution in [0, 0.1) is 11.8 Å². The molecule has 1 aromatic heterocycles. The van der Waals surface area contributed by atoms with E-state index in [1.807, 2.05) is 23.8 Å². The standard InChI is InChI=1S/C24H24F3NO2S/c1-16(2)4-9-22(19-11-13-31-15-19)28-12-10-21(30-17(3)29)14-23(28)18-5-7-20(8-6-18)24(25,26)27/h5-8,11,13,15,21-23H,1,10,12,14H2,2-3H3/t21-,22-,23+/m1/s1. The van der Waals surface area contributed by atoms with Gasteiger partial charge < -0.3 is 4.74 Å². The topological polar surface area (TPSA) is 29.5 Å². The number of esters is 1. The molecule has 1 aromatic carbocycles. The lowest BCUT2D eigenvalue weighted by atomic mass is 9.90. The first kappa shape index (κ1) is 23.1. The van der Waals surface area contributed by atoms with Crippen LogP contribution in [0.5, 0.6) is 0 Å². The number of likely N-dealkylation sites (tertiary alicyclic amines) is 1. The van der Waals surface area contributed by atoms with Crippen LogP contribution < -0.4 is 0 Å². The number of benzene rings is 1. The summed E-state index contributed by atoms with van der Waals surface area (Å²) in [4.78, 5) is 13.7. The summed E-state index contributed by atoms with van der Waals surface area (Å²) >= 11 is 1.57. The lowest BCUT2D eigenvalue weighted by Crippen LogP contribution is -2.42. The Bertz CT molecular complexity index is 971. The third-order valence-electron chi connectivity index (χ3n) is 5.16. The van der Waals surface area contributed by atoms with Crippen LogP contribution in [0.25, 0.3) is 0 Å². The molecule has 31 heavy (non-hydrogen) atoms. The number of ether oxygens (including phenoxy) is 1. The van der Waals surface area contributed by atoms with Crippen LogP contribution >= 0.6 is 11.3 Å². The maximum atomic E-state index is 13.0. The van der Waals surface area contributed by atoms with Crippen LogP contribution in [0.1, 0.15) is 55.5 Å². The molecule has 2 aromatic rings. The largest absolute Gasteiger partial charge is 0.462 e. The van der Waals surface area contributed by atoms with E-state index in [9.17, 15) is 18.0 Å². The molecule has 2 heterocycles. The van der Waals surface area contributed by atoms with Gasteiger partial charge in [0.05, 0.1) is 11.6 Å². The average Bonchev–Trinajstić information content (AvgIpc) is 3.22. The van der Waals surface area contributed by atoms with Gasteiger partial charge in [-0.2, -0.15) is 24.5 Å². The summed E-state index contributed by atoms with van der Waals surface area (Å²) in [7, 11) is 0. The van der Waals surface area contributed by atoms with E-state index in [4.69, 9.17) is 4.74 Å². The van der Waals surface area contributed by atoms with Crippen molar-refractivity contribution in [2.24, 2.45) is 0 Å². The molecule has 1 fully saturated rings. The summed E-state index contributed by atoms with van der Waals surface area (Å²) in [5.41, 5.74) is 1.82. The Morgan fingerprint density at radius 3 is 2.52 bits per heavy atom. The van der Waals surface area contributed by atoms with Gasteiger partial charge in [0.1, 0.15) is 6.10 Å². The fraction of sp³-hybridized carbons (Fsp3) is 0.375. The molecule has 0 unspecified atom stereocenters. The summed E-state index contributed by atoms with van der Waals surface area (Å²) in [6, 6.07) is 6.73. The zero-order valence-electron chi connectivity index (χ0n) is 17.4. The Hall–Kier alpha value is -2.56. The molecule has 1 aliphatic rings. The molecule has 3 rings (SSSR count). The van der Waals surface area contributed by atoms with E-state index in [1.165, 1.54) is 19.1 Å². The smallest absolute Gasteiger partial charge is 0.416 e. The quantitative estimate of drug-likeness (QED) is 0.416. The van der Waals surface area contributed by atoms with Crippen LogP contribution in [-0.4, -0.2) is 23.5 Å². The van der Waals surface area contributed by atoms with E-state index in [1.54, 1.807) is 11.3 Å². The lowest BCUT2D eigenvalue weighted by molar-refractivity contribution is -0.150. The molecule has 0 N–H and O–H groups in total. The normalized spacial score (nSPS) is 20.4. The van der Waals surface area contributed by atoms with Crippen LogP contribution in [-0.2, 0) is 15.7 Å². The highest BCUT2D eigenvalue weighted by atomic mass is 32.1. The molecule has 0 spiro atoms. The predicted molar refractivity (Wildman–Crippen MR) is 115 cm³/mol. The van der Waals surface area contributed by atoms with Gasteiger partial charge in [-0.1, -0.05) is 30.6 Å². The number of carbonyl (C=O) groups is 1. The van der Waals surface area contributed by atoms with Crippen molar-refractivity contribution in [2.45, 2.75) is 51.1 Å². The second-order valence-electron chi connectivity index (χ2n) is 7.64. The molecule has 0 saturated carbocycles. The van der Waals surface area contributed by atoms with Crippen molar-refractivity contribution in [1.82, 2.24) is 4.90 Å². The number of alkyl halides is 3. The third-order valence-corrected chi connectivity index (χ3v) is 5.87. The monoisotopic (exact) mass is 447 g/mol. The Labute approximate surface area is 184 Å². The molecule has 1 aliphatic heterocycles. The SMILES string of the molecule is C=C(C)C#C[C@H](c1ccsc1)N1CC[C@@H](OC(C)=O)C[C@H]1c1ccc(C(F)(F)F)cc1. The minimum absolute atomic E-state index is 0.242. The molecular formula is C24H24F3NO2S. The molecular weight excluding hydrogens is 423 g/mol. The number of nitrogens with zero attached hydrogens (tertiary/aromatic N) is 1. The number of allylic oxidation sites excluding steroid dienone is 1. The Morgan fingerprint density at radius 1 is 1.26 bits per heavy atom. The number of piperidine rings is 1. The number of carbonyl (C=O) groups excluding carboxylic acids is 1. The highest BCUT2D eigenvalue weighted by molar-refractivity contribution is 7.08. The Morgan fingerprint density at radius 2 is 1.97 bits per heavy atom. The molecule has 1 saturated heterocycles. The Balaban J connectivity index is 1.99. The second-order valence-corrected chi connectivity index (χ2v) is 8.42. The Kier molecular flexibility index (Phi) is 7.24. The average molecular weight is 448 g/mol. The number of rotatable bonds is 4.